The Bertz CT molecular complexity index is 771. The number of carbonyl (C=O) groups is 2. The third-order valence-electron chi connectivity index (χ3n) is 4.74. The number of aryl methyl sites for hydroxylation is 2. The molecule has 0 bridgehead atoms. The van der Waals surface area contributed by atoms with Gasteiger partial charge in [-0.05, 0) is 37.5 Å². The van der Waals surface area contributed by atoms with Crippen molar-refractivity contribution in [1.29, 1.82) is 0 Å². The molecule has 1 N–H and O–H groups in total. The molecular weight excluding hydrogens is 312 g/mol. The van der Waals surface area contributed by atoms with Crippen molar-refractivity contribution < 1.29 is 9.59 Å². The fourth-order valence-electron chi connectivity index (χ4n) is 3.26. The van der Waals surface area contributed by atoms with E-state index in [9.17, 15) is 9.59 Å². The molecule has 1 fully saturated rings. The first-order chi connectivity index (χ1) is 12.0. The fourth-order valence-corrected chi connectivity index (χ4v) is 3.26. The minimum absolute atomic E-state index is 0.0664. The number of likely N-dealkylation sites (tertiary alicyclic amines) is 1. The Morgan fingerprint density at radius 3 is 2.64 bits per heavy atom. The number of hydrogen-bond acceptors (Lipinski definition) is 2. The predicted octanol–water partition coefficient (Wildman–Crippen LogP) is 3.33. The Morgan fingerprint density at radius 1 is 1.16 bits per heavy atom. The molecule has 0 aliphatic carbocycles. The number of hydrogen-bond donors (Lipinski definition) is 1. The Hall–Kier alpha value is -2.62. The highest BCUT2D eigenvalue weighted by Crippen LogP contribution is 2.22. The van der Waals surface area contributed by atoms with Gasteiger partial charge in [0.15, 0.2) is 0 Å². The monoisotopic (exact) mass is 336 g/mol. The molecule has 0 unspecified atom stereocenters. The Balaban J connectivity index is 1.57. The van der Waals surface area contributed by atoms with Crippen LogP contribution in [0.15, 0.2) is 48.5 Å². The second-order valence-corrected chi connectivity index (χ2v) is 6.78. The van der Waals surface area contributed by atoms with Crippen molar-refractivity contribution in [3.05, 3.63) is 65.2 Å². The van der Waals surface area contributed by atoms with E-state index in [0.717, 1.165) is 17.7 Å². The number of carbonyl (C=O) groups excluding carboxylic acids is 2. The average Bonchev–Trinajstić information content (AvgIpc) is 2.97. The van der Waals surface area contributed by atoms with Gasteiger partial charge in [-0.15, -0.1) is 0 Å². The van der Waals surface area contributed by atoms with Crippen molar-refractivity contribution in [1.82, 2.24) is 4.90 Å². The molecule has 1 heterocycles. The van der Waals surface area contributed by atoms with Gasteiger partial charge in [0.05, 0.1) is 5.92 Å². The maximum absolute atomic E-state index is 12.5. The lowest BCUT2D eigenvalue weighted by atomic mass is 10.1. The van der Waals surface area contributed by atoms with E-state index in [4.69, 9.17) is 0 Å². The van der Waals surface area contributed by atoms with Crippen LogP contribution in [0.25, 0.3) is 0 Å². The van der Waals surface area contributed by atoms with Crippen molar-refractivity contribution >= 4 is 17.5 Å². The van der Waals surface area contributed by atoms with Crippen molar-refractivity contribution in [2.75, 3.05) is 18.4 Å². The first-order valence-corrected chi connectivity index (χ1v) is 8.73. The molecule has 0 radical (unpaired) electrons. The highest BCUT2D eigenvalue weighted by molar-refractivity contribution is 5.97. The zero-order chi connectivity index (χ0) is 17.8. The topological polar surface area (TPSA) is 49.4 Å². The minimum Gasteiger partial charge on any atom is -0.342 e. The fraction of sp³-hybridized carbons (Fsp3) is 0.333. The molecule has 0 aromatic heterocycles. The lowest BCUT2D eigenvalue weighted by Crippen LogP contribution is -2.30. The van der Waals surface area contributed by atoms with E-state index in [2.05, 4.69) is 17.4 Å². The first kappa shape index (κ1) is 17.2. The summed E-state index contributed by atoms with van der Waals surface area (Å²) < 4.78 is 0. The van der Waals surface area contributed by atoms with Crippen LogP contribution in [0.5, 0.6) is 0 Å². The van der Waals surface area contributed by atoms with Gasteiger partial charge < -0.3 is 10.2 Å². The van der Waals surface area contributed by atoms with E-state index in [1.54, 1.807) is 4.90 Å². The van der Waals surface area contributed by atoms with E-state index in [1.807, 2.05) is 50.2 Å². The summed E-state index contributed by atoms with van der Waals surface area (Å²) in [6.45, 7) is 5.17. The molecule has 130 valence electrons. The molecule has 4 nitrogen and oxygen atoms in total. The molecular formula is C21H24N2O2. The first-order valence-electron chi connectivity index (χ1n) is 8.73. The lowest BCUT2D eigenvalue weighted by molar-refractivity contribution is -0.128. The minimum atomic E-state index is -0.274. The van der Waals surface area contributed by atoms with Crippen LogP contribution in [0.3, 0.4) is 0 Å². The molecule has 0 saturated carbocycles. The molecule has 1 aliphatic rings. The Kier molecular flexibility index (Phi) is 5.17. The summed E-state index contributed by atoms with van der Waals surface area (Å²) in [4.78, 5) is 26.6. The van der Waals surface area contributed by atoms with Gasteiger partial charge in [-0.3, -0.25) is 9.59 Å². The Morgan fingerprint density at radius 2 is 1.92 bits per heavy atom. The second kappa shape index (κ2) is 7.51. The quantitative estimate of drug-likeness (QED) is 0.910. The lowest BCUT2D eigenvalue weighted by Gasteiger charge is -2.17. The standard InChI is InChI=1S/C21H24N2O2/c1-15-8-9-19(16(2)12-15)22-21(25)18-13-20(24)23(14-18)11-10-17-6-4-3-5-7-17/h3-9,12,18H,10-11,13-14H2,1-2H3,(H,22,25)/t18-/m1/s1. The summed E-state index contributed by atoms with van der Waals surface area (Å²) in [5, 5.41) is 2.98. The highest BCUT2D eigenvalue weighted by atomic mass is 16.2. The largest absolute Gasteiger partial charge is 0.342 e. The molecule has 1 atom stereocenters. The van der Waals surface area contributed by atoms with Crippen molar-refractivity contribution in [3.63, 3.8) is 0 Å². The van der Waals surface area contributed by atoms with E-state index in [-0.39, 0.29) is 17.7 Å². The van der Waals surface area contributed by atoms with E-state index >= 15 is 0 Å². The third-order valence-corrected chi connectivity index (χ3v) is 4.74. The van der Waals surface area contributed by atoms with Crippen LogP contribution in [0.4, 0.5) is 5.69 Å². The molecule has 1 aliphatic heterocycles. The van der Waals surface area contributed by atoms with Crippen LogP contribution < -0.4 is 5.32 Å². The second-order valence-electron chi connectivity index (χ2n) is 6.78. The number of benzene rings is 2. The van der Waals surface area contributed by atoms with Gasteiger partial charge in [-0.1, -0.05) is 48.0 Å². The molecule has 2 amide bonds. The summed E-state index contributed by atoms with van der Waals surface area (Å²) in [5.74, 6) is -0.275. The zero-order valence-electron chi connectivity index (χ0n) is 14.8. The van der Waals surface area contributed by atoms with E-state index in [0.29, 0.717) is 19.5 Å². The number of rotatable bonds is 5. The molecule has 25 heavy (non-hydrogen) atoms. The normalized spacial score (nSPS) is 17.0. The van der Waals surface area contributed by atoms with Crippen LogP contribution in [-0.4, -0.2) is 29.8 Å². The molecule has 2 aromatic carbocycles. The molecule has 2 aromatic rings. The van der Waals surface area contributed by atoms with Gasteiger partial charge in [0.2, 0.25) is 11.8 Å². The van der Waals surface area contributed by atoms with Gasteiger partial charge in [0.25, 0.3) is 0 Å². The van der Waals surface area contributed by atoms with Crippen LogP contribution >= 0.6 is 0 Å². The molecule has 3 rings (SSSR count). The summed E-state index contributed by atoms with van der Waals surface area (Å²) in [5.41, 5.74) is 4.24. The molecule has 4 heteroatoms. The van der Waals surface area contributed by atoms with Gasteiger partial charge in [0, 0.05) is 25.2 Å². The molecule has 1 saturated heterocycles. The average molecular weight is 336 g/mol. The van der Waals surface area contributed by atoms with Gasteiger partial charge in [-0.25, -0.2) is 0 Å². The maximum atomic E-state index is 12.5. The number of nitrogens with zero attached hydrogens (tertiary/aromatic N) is 1. The van der Waals surface area contributed by atoms with Crippen LogP contribution in [0.1, 0.15) is 23.1 Å². The summed E-state index contributed by atoms with van der Waals surface area (Å²) in [7, 11) is 0. The maximum Gasteiger partial charge on any atom is 0.229 e. The zero-order valence-corrected chi connectivity index (χ0v) is 14.8. The van der Waals surface area contributed by atoms with E-state index < -0.39 is 0 Å². The van der Waals surface area contributed by atoms with E-state index in [1.165, 1.54) is 11.1 Å². The number of amides is 2. The van der Waals surface area contributed by atoms with Crippen molar-refractivity contribution in [2.45, 2.75) is 26.7 Å². The summed E-state index contributed by atoms with van der Waals surface area (Å²) >= 11 is 0. The third kappa shape index (κ3) is 4.27. The summed E-state index contributed by atoms with van der Waals surface area (Å²) in [6, 6.07) is 16.1. The highest BCUT2D eigenvalue weighted by Gasteiger charge is 2.34. The number of nitrogens with one attached hydrogen (secondary N) is 1. The van der Waals surface area contributed by atoms with Crippen molar-refractivity contribution in [3.8, 4) is 0 Å². The van der Waals surface area contributed by atoms with Crippen LogP contribution in [0, 0.1) is 19.8 Å². The summed E-state index contributed by atoms with van der Waals surface area (Å²) in [6.07, 6.45) is 1.11. The predicted molar refractivity (Wildman–Crippen MR) is 99.4 cm³/mol. The van der Waals surface area contributed by atoms with Gasteiger partial charge in [-0.2, -0.15) is 0 Å². The SMILES string of the molecule is Cc1ccc(NC(=O)[C@@H]2CC(=O)N(CCc3ccccc3)C2)c(C)c1. The smallest absolute Gasteiger partial charge is 0.229 e. The molecule has 0 spiro atoms. The van der Waals surface area contributed by atoms with Crippen LogP contribution in [0.2, 0.25) is 0 Å². The van der Waals surface area contributed by atoms with Gasteiger partial charge >= 0.3 is 0 Å². The number of anilines is 1. The Labute approximate surface area is 148 Å². The van der Waals surface area contributed by atoms with Gasteiger partial charge in [0.1, 0.15) is 0 Å². The van der Waals surface area contributed by atoms with Crippen molar-refractivity contribution in [2.24, 2.45) is 5.92 Å². The van der Waals surface area contributed by atoms with Crippen LogP contribution in [-0.2, 0) is 16.0 Å².